The van der Waals surface area contributed by atoms with Crippen LogP contribution < -0.4 is 10.5 Å². The van der Waals surface area contributed by atoms with Crippen molar-refractivity contribution < 1.29 is 9.23 Å². The Balaban J connectivity index is 1.67. The number of rotatable bonds is 5. The number of nitrogens with zero attached hydrogens (tertiary/aromatic N) is 7. The van der Waals surface area contributed by atoms with E-state index in [0.717, 1.165) is 37.0 Å². The summed E-state index contributed by atoms with van der Waals surface area (Å²) >= 11 is 0. The van der Waals surface area contributed by atoms with Gasteiger partial charge in [0.05, 0.1) is 16.9 Å². The highest BCUT2D eigenvalue weighted by Crippen LogP contribution is 2.35. The van der Waals surface area contributed by atoms with E-state index in [2.05, 4.69) is 21.2 Å². The Hall–Kier alpha value is -4.31. The number of nitriles is 2. The highest BCUT2D eigenvalue weighted by atomic mass is 19.1. The maximum atomic E-state index is 13.6. The van der Waals surface area contributed by atoms with Gasteiger partial charge in [-0.25, -0.2) is 9.97 Å². The van der Waals surface area contributed by atoms with E-state index in [4.69, 9.17) is 4.84 Å². The number of hydrogen-bond acceptors (Lipinski definition) is 8. The minimum absolute atomic E-state index is 0.00635. The number of hydrogen-bond donors (Lipinski definition) is 0. The van der Waals surface area contributed by atoms with Crippen LogP contribution in [-0.2, 0) is 11.9 Å². The Labute approximate surface area is 208 Å². The van der Waals surface area contributed by atoms with Crippen LogP contribution in [0.5, 0.6) is 0 Å². The van der Waals surface area contributed by atoms with E-state index in [-0.39, 0.29) is 23.2 Å². The first-order valence-electron chi connectivity index (χ1n) is 11.6. The molecule has 0 bridgehead atoms. The molecule has 4 rings (SSSR count). The summed E-state index contributed by atoms with van der Waals surface area (Å²) in [7, 11) is 4.94. The van der Waals surface area contributed by atoms with Gasteiger partial charge in [0.1, 0.15) is 36.0 Å². The van der Waals surface area contributed by atoms with E-state index in [1.54, 1.807) is 32.2 Å². The molecule has 0 N–H and O–H groups in total. The smallest absolute Gasteiger partial charge is 0.270 e. The molecule has 0 radical (unpaired) electrons. The monoisotopic (exact) mass is 487 g/mol. The van der Waals surface area contributed by atoms with Crippen molar-refractivity contribution in [2.24, 2.45) is 18.1 Å². The molecule has 0 aromatic carbocycles. The Morgan fingerprint density at radius 1 is 1.17 bits per heavy atom. The molecule has 184 valence electrons. The zero-order chi connectivity index (χ0) is 26.0. The molecule has 1 aliphatic rings. The summed E-state index contributed by atoms with van der Waals surface area (Å²) in [6.45, 7) is 1.75. The Morgan fingerprint density at radius 2 is 1.89 bits per heavy atom. The molecule has 0 saturated heterocycles. The van der Waals surface area contributed by atoms with E-state index in [1.165, 1.54) is 17.7 Å². The second-order valence-corrected chi connectivity index (χ2v) is 8.92. The highest BCUT2D eigenvalue weighted by molar-refractivity contribution is 6.02. The zero-order valence-corrected chi connectivity index (χ0v) is 20.6. The number of aromatic nitrogens is 3. The average Bonchev–Trinajstić information content (AvgIpc) is 2.89. The highest BCUT2D eigenvalue weighted by Gasteiger charge is 2.31. The number of fused-ring (bicyclic) bond motifs is 1. The van der Waals surface area contributed by atoms with Crippen LogP contribution in [0.1, 0.15) is 48.2 Å². The van der Waals surface area contributed by atoms with Gasteiger partial charge >= 0.3 is 0 Å². The Bertz CT molecular complexity index is 1490. The molecule has 3 heterocycles. The van der Waals surface area contributed by atoms with Crippen LogP contribution >= 0.6 is 0 Å². The number of aryl methyl sites for hydroxylation is 2. The third kappa shape index (κ3) is 4.38. The molecule has 1 saturated carbocycles. The molecular formula is C26H26FN7O2. The SMILES string of the molecule is CO/N=C(\c1ccc(F)nc1C)C1CCC(N(C)c2c(C#N)c(=O)n(C)c3ccc(C#N)nc23)CC1. The fourth-order valence-electron chi connectivity index (χ4n) is 5.06. The van der Waals surface area contributed by atoms with Gasteiger partial charge < -0.3 is 14.3 Å². The molecule has 3 aromatic rings. The van der Waals surface area contributed by atoms with E-state index in [9.17, 15) is 19.7 Å². The largest absolute Gasteiger partial charge is 0.399 e. The van der Waals surface area contributed by atoms with Gasteiger partial charge in [0, 0.05) is 37.3 Å². The van der Waals surface area contributed by atoms with E-state index >= 15 is 0 Å². The number of oxime groups is 1. The molecule has 10 heteroatoms. The molecule has 9 nitrogen and oxygen atoms in total. The molecule has 0 atom stereocenters. The minimum Gasteiger partial charge on any atom is -0.399 e. The van der Waals surface area contributed by atoms with Crippen molar-refractivity contribution >= 4 is 22.4 Å². The van der Waals surface area contributed by atoms with Gasteiger partial charge in [0.25, 0.3) is 5.56 Å². The van der Waals surface area contributed by atoms with Crippen LogP contribution in [0.4, 0.5) is 10.1 Å². The molecule has 0 amide bonds. The molecule has 0 unspecified atom stereocenters. The molecule has 3 aromatic heterocycles. The normalized spacial score (nSPS) is 17.9. The van der Waals surface area contributed by atoms with E-state index < -0.39 is 11.5 Å². The summed E-state index contributed by atoms with van der Waals surface area (Å²) in [5, 5.41) is 23.5. The maximum absolute atomic E-state index is 13.6. The van der Waals surface area contributed by atoms with Crippen LogP contribution in [-0.4, -0.2) is 40.4 Å². The van der Waals surface area contributed by atoms with Crippen molar-refractivity contribution in [2.75, 3.05) is 19.1 Å². The Morgan fingerprint density at radius 3 is 2.50 bits per heavy atom. The lowest BCUT2D eigenvalue weighted by molar-refractivity contribution is 0.209. The lowest BCUT2D eigenvalue weighted by atomic mass is 9.80. The predicted molar refractivity (Wildman–Crippen MR) is 133 cm³/mol. The maximum Gasteiger partial charge on any atom is 0.270 e. The molecule has 1 fully saturated rings. The second kappa shape index (κ2) is 10.1. The molecule has 1 aliphatic carbocycles. The fraction of sp³-hybridized carbons (Fsp3) is 0.385. The first-order valence-corrected chi connectivity index (χ1v) is 11.6. The second-order valence-electron chi connectivity index (χ2n) is 8.92. The van der Waals surface area contributed by atoms with Gasteiger partial charge in [-0.1, -0.05) is 5.16 Å². The van der Waals surface area contributed by atoms with Gasteiger partial charge in [-0.15, -0.1) is 0 Å². The lowest BCUT2D eigenvalue weighted by Crippen LogP contribution is -2.39. The van der Waals surface area contributed by atoms with Gasteiger partial charge in [0.2, 0.25) is 5.95 Å². The van der Waals surface area contributed by atoms with Crippen molar-refractivity contribution in [3.05, 3.63) is 63.1 Å². The van der Waals surface area contributed by atoms with Crippen LogP contribution in [0.3, 0.4) is 0 Å². The lowest BCUT2D eigenvalue weighted by Gasteiger charge is -2.37. The van der Waals surface area contributed by atoms with Crippen molar-refractivity contribution in [2.45, 2.75) is 38.6 Å². The minimum atomic E-state index is -0.541. The summed E-state index contributed by atoms with van der Waals surface area (Å²) in [6, 6.07) is 10.4. The Kier molecular flexibility index (Phi) is 6.98. The first kappa shape index (κ1) is 24.8. The van der Waals surface area contributed by atoms with Crippen molar-refractivity contribution in [3.63, 3.8) is 0 Å². The molecule has 0 spiro atoms. The fourth-order valence-corrected chi connectivity index (χ4v) is 5.06. The summed E-state index contributed by atoms with van der Waals surface area (Å²) in [4.78, 5) is 28.4. The number of halogens is 1. The number of anilines is 1. The van der Waals surface area contributed by atoms with Crippen LogP contribution in [0.15, 0.2) is 34.2 Å². The standard InChI is InChI=1S/C26H26FN7O2/c1-15-19(10-12-22(27)30-15)23(32-36-4)16-5-8-18(9-6-16)33(2)25-20(14-29)26(35)34(3)21-11-7-17(13-28)31-24(21)25/h7,10-12,16,18H,5-6,8-9H2,1-4H3/b32-23-. The van der Waals surface area contributed by atoms with Crippen molar-refractivity contribution in [3.8, 4) is 12.1 Å². The first-order chi connectivity index (χ1) is 17.3. The topological polar surface area (TPSA) is 120 Å². The zero-order valence-electron chi connectivity index (χ0n) is 20.6. The summed E-state index contributed by atoms with van der Waals surface area (Å²) in [6.07, 6.45) is 3.07. The third-order valence-electron chi connectivity index (χ3n) is 6.94. The quantitative estimate of drug-likeness (QED) is 0.306. The summed E-state index contributed by atoms with van der Waals surface area (Å²) < 4.78 is 14.9. The average molecular weight is 488 g/mol. The molecular weight excluding hydrogens is 461 g/mol. The van der Waals surface area contributed by atoms with Crippen molar-refractivity contribution in [1.29, 1.82) is 10.5 Å². The third-order valence-corrected chi connectivity index (χ3v) is 6.94. The summed E-state index contributed by atoms with van der Waals surface area (Å²) in [5.74, 6) is -0.458. The molecule has 36 heavy (non-hydrogen) atoms. The summed E-state index contributed by atoms with van der Waals surface area (Å²) in [5.41, 5.74) is 3.32. The van der Waals surface area contributed by atoms with Crippen LogP contribution in [0, 0.1) is 41.5 Å². The van der Waals surface area contributed by atoms with Gasteiger partial charge in [0.15, 0.2) is 0 Å². The van der Waals surface area contributed by atoms with Gasteiger partial charge in [-0.2, -0.15) is 14.9 Å². The number of pyridine rings is 3. The van der Waals surface area contributed by atoms with Gasteiger partial charge in [-0.3, -0.25) is 4.79 Å². The van der Waals surface area contributed by atoms with Crippen LogP contribution in [0.2, 0.25) is 0 Å². The van der Waals surface area contributed by atoms with E-state index in [1.807, 2.05) is 18.0 Å². The predicted octanol–water partition coefficient (Wildman–Crippen LogP) is 3.57. The van der Waals surface area contributed by atoms with E-state index in [0.29, 0.717) is 22.4 Å². The molecule has 0 aliphatic heterocycles. The van der Waals surface area contributed by atoms with Gasteiger partial charge in [-0.05, 0) is 56.9 Å². The van der Waals surface area contributed by atoms with Crippen LogP contribution in [0.25, 0.3) is 11.0 Å². The van der Waals surface area contributed by atoms with Crippen molar-refractivity contribution in [1.82, 2.24) is 14.5 Å².